The standard InChI is InChI=1S/C21H19Cl2N4O4PS/c22-15-9-16(23)11-19(10-15)33-27(13-32(29,30)31)18-3-4-20-14(8-18)5-7-26(20)21(28)25-17-2-1-6-24-12-17/h1-4,6,8-12H,5,7,13H2,(H,25,28)(H2,29,30,31). The number of urea groups is 1. The second kappa shape index (κ2) is 9.93. The van der Waals surface area contributed by atoms with E-state index < -0.39 is 13.9 Å². The summed E-state index contributed by atoms with van der Waals surface area (Å²) in [6, 6.07) is 13.5. The summed E-state index contributed by atoms with van der Waals surface area (Å²) in [5.74, 6) is 0. The number of carbonyl (C=O) groups excluding carboxylic acids is 1. The van der Waals surface area contributed by atoms with Crippen LogP contribution in [0.1, 0.15) is 5.56 Å². The van der Waals surface area contributed by atoms with Gasteiger partial charge in [0.2, 0.25) is 0 Å². The van der Waals surface area contributed by atoms with Crippen molar-refractivity contribution in [3.05, 3.63) is 76.5 Å². The third-order valence-corrected chi connectivity index (χ3v) is 7.05. The normalized spacial score (nSPS) is 13.0. The minimum absolute atomic E-state index is 0.274. The number of amides is 2. The highest BCUT2D eigenvalue weighted by Gasteiger charge is 2.27. The number of rotatable bonds is 6. The van der Waals surface area contributed by atoms with E-state index >= 15 is 0 Å². The van der Waals surface area contributed by atoms with Crippen LogP contribution in [0.3, 0.4) is 0 Å². The van der Waals surface area contributed by atoms with E-state index in [9.17, 15) is 19.1 Å². The molecule has 2 heterocycles. The molecule has 0 spiro atoms. The summed E-state index contributed by atoms with van der Waals surface area (Å²) in [5, 5.41) is 3.66. The lowest BCUT2D eigenvalue weighted by molar-refractivity contribution is 0.257. The molecule has 2 aromatic carbocycles. The molecule has 8 nitrogen and oxygen atoms in total. The van der Waals surface area contributed by atoms with Crippen LogP contribution in [0.2, 0.25) is 10.0 Å². The van der Waals surface area contributed by atoms with Crippen LogP contribution in [0.25, 0.3) is 0 Å². The predicted molar refractivity (Wildman–Crippen MR) is 132 cm³/mol. The largest absolute Gasteiger partial charge is 0.345 e. The molecular weight excluding hydrogens is 506 g/mol. The first-order chi connectivity index (χ1) is 15.7. The molecule has 0 saturated heterocycles. The van der Waals surface area contributed by atoms with Crippen LogP contribution >= 0.6 is 42.7 Å². The minimum Gasteiger partial charge on any atom is -0.323 e. The van der Waals surface area contributed by atoms with Crippen LogP contribution in [0.15, 0.2) is 65.8 Å². The molecule has 1 aromatic heterocycles. The summed E-state index contributed by atoms with van der Waals surface area (Å²) in [5.41, 5.74) is 2.83. The molecule has 3 N–H and O–H groups in total. The molecule has 3 aromatic rings. The van der Waals surface area contributed by atoms with E-state index in [2.05, 4.69) is 10.3 Å². The zero-order valence-electron chi connectivity index (χ0n) is 17.1. The van der Waals surface area contributed by atoms with Crippen molar-refractivity contribution < 1.29 is 19.1 Å². The molecule has 172 valence electrons. The number of nitrogens with zero attached hydrogens (tertiary/aromatic N) is 3. The fourth-order valence-corrected chi connectivity index (χ4v) is 6.09. The van der Waals surface area contributed by atoms with E-state index in [1.807, 2.05) is 6.07 Å². The van der Waals surface area contributed by atoms with E-state index in [-0.39, 0.29) is 6.03 Å². The van der Waals surface area contributed by atoms with Gasteiger partial charge in [-0.2, -0.15) is 0 Å². The molecule has 4 rings (SSSR count). The Balaban J connectivity index is 1.58. The van der Waals surface area contributed by atoms with Gasteiger partial charge in [0.15, 0.2) is 0 Å². The zero-order valence-corrected chi connectivity index (χ0v) is 20.3. The van der Waals surface area contributed by atoms with Gasteiger partial charge in [-0.1, -0.05) is 23.2 Å². The number of fused-ring (bicyclic) bond motifs is 1. The second-order valence-electron chi connectivity index (χ2n) is 7.27. The summed E-state index contributed by atoms with van der Waals surface area (Å²) < 4.78 is 13.3. The van der Waals surface area contributed by atoms with Crippen LogP contribution in [0.5, 0.6) is 0 Å². The van der Waals surface area contributed by atoms with E-state index in [1.54, 1.807) is 59.8 Å². The van der Waals surface area contributed by atoms with Gasteiger partial charge in [-0.05, 0) is 72.5 Å². The molecule has 0 unspecified atom stereocenters. The van der Waals surface area contributed by atoms with Crippen molar-refractivity contribution in [2.24, 2.45) is 0 Å². The average Bonchev–Trinajstić information content (AvgIpc) is 3.16. The molecule has 0 radical (unpaired) electrons. The zero-order chi connectivity index (χ0) is 23.6. The van der Waals surface area contributed by atoms with Crippen molar-refractivity contribution in [2.45, 2.75) is 11.3 Å². The molecule has 0 fully saturated rings. The van der Waals surface area contributed by atoms with Crippen molar-refractivity contribution in [3.8, 4) is 0 Å². The summed E-state index contributed by atoms with van der Waals surface area (Å²) in [6.45, 7) is 0.487. The number of hydrogen-bond donors (Lipinski definition) is 3. The lowest BCUT2D eigenvalue weighted by Crippen LogP contribution is -2.33. The van der Waals surface area contributed by atoms with Crippen LogP contribution in [-0.4, -0.2) is 33.6 Å². The second-order valence-corrected chi connectivity index (χ2v) is 10.8. The number of nitrogens with one attached hydrogen (secondary N) is 1. The molecule has 1 aliphatic heterocycles. The predicted octanol–water partition coefficient (Wildman–Crippen LogP) is 5.63. The minimum atomic E-state index is -4.38. The van der Waals surface area contributed by atoms with Crippen molar-refractivity contribution >= 4 is 65.8 Å². The Labute approximate surface area is 204 Å². The number of pyridine rings is 1. The SMILES string of the molecule is O=C(Nc1cccnc1)N1CCc2cc(N(CP(=O)(O)O)Sc3cc(Cl)cc(Cl)c3)ccc21. The highest BCUT2D eigenvalue weighted by Crippen LogP contribution is 2.43. The number of anilines is 3. The van der Waals surface area contributed by atoms with Crippen molar-refractivity contribution in [3.63, 3.8) is 0 Å². The van der Waals surface area contributed by atoms with Crippen molar-refractivity contribution in [1.29, 1.82) is 0 Å². The van der Waals surface area contributed by atoms with Gasteiger partial charge in [0.05, 0.1) is 11.9 Å². The van der Waals surface area contributed by atoms with Gasteiger partial charge in [0, 0.05) is 39.1 Å². The quantitative estimate of drug-likeness (QED) is 0.283. The Morgan fingerprint density at radius 2 is 1.94 bits per heavy atom. The lowest BCUT2D eigenvalue weighted by atomic mass is 10.1. The Kier molecular flexibility index (Phi) is 7.19. The van der Waals surface area contributed by atoms with Gasteiger partial charge in [-0.25, -0.2) is 4.79 Å². The van der Waals surface area contributed by atoms with Gasteiger partial charge in [-0.15, -0.1) is 0 Å². The maximum atomic E-state index is 12.7. The Morgan fingerprint density at radius 3 is 2.61 bits per heavy atom. The molecule has 0 atom stereocenters. The van der Waals surface area contributed by atoms with Gasteiger partial charge < -0.3 is 15.1 Å². The first kappa shape index (κ1) is 23.9. The van der Waals surface area contributed by atoms with Crippen LogP contribution in [0.4, 0.5) is 21.9 Å². The summed E-state index contributed by atoms with van der Waals surface area (Å²) >= 11 is 13.3. The maximum absolute atomic E-state index is 12.7. The topological polar surface area (TPSA) is 106 Å². The van der Waals surface area contributed by atoms with Crippen LogP contribution in [0, 0.1) is 0 Å². The van der Waals surface area contributed by atoms with Crippen molar-refractivity contribution in [1.82, 2.24) is 4.98 Å². The summed E-state index contributed by atoms with van der Waals surface area (Å²) in [7, 11) is -4.38. The Morgan fingerprint density at radius 1 is 1.18 bits per heavy atom. The maximum Gasteiger partial charge on any atom is 0.345 e. The van der Waals surface area contributed by atoms with E-state index in [0.29, 0.717) is 39.3 Å². The Hall–Kier alpha value is -2.26. The molecule has 12 heteroatoms. The van der Waals surface area contributed by atoms with E-state index in [1.165, 1.54) is 4.31 Å². The number of carbonyl (C=O) groups is 1. The highest BCUT2D eigenvalue weighted by molar-refractivity contribution is 8.01. The molecule has 0 aliphatic carbocycles. The third kappa shape index (κ3) is 6.20. The van der Waals surface area contributed by atoms with Crippen LogP contribution < -0.4 is 14.5 Å². The molecule has 33 heavy (non-hydrogen) atoms. The van der Waals surface area contributed by atoms with Gasteiger partial charge in [0.25, 0.3) is 0 Å². The molecule has 2 amide bonds. The first-order valence-electron chi connectivity index (χ1n) is 9.75. The Bertz CT molecular complexity index is 1210. The van der Waals surface area contributed by atoms with Gasteiger partial charge >= 0.3 is 13.6 Å². The number of benzene rings is 2. The summed E-state index contributed by atoms with van der Waals surface area (Å²) in [6.07, 6.45) is 3.30. The fourth-order valence-electron chi connectivity index (χ4n) is 3.42. The monoisotopic (exact) mass is 524 g/mol. The third-order valence-electron chi connectivity index (χ3n) is 4.77. The molecule has 0 saturated carbocycles. The first-order valence-corrected chi connectivity index (χ1v) is 13.1. The highest BCUT2D eigenvalue weighted by atomic mass is 35.5. The molecule has 0 bridgehead atoms. The average molecular weight is 525 g/mol. The lowest BCUT2D eigenvalue weighted by Gasteiger charge is -2.25. The molecular formula is C21H19Cl2N4O4PS. The number of hydrogen-bond acceptors (Lipinski definition) is 5. The fraction of sp³-hybridized carbons (Fsp3) is 0.143. The number of halogens is 2. The van der Waals surface area contributed by atoms with Crippen molar-refractivity contribution in [2.75, 3.05) is 27.4 Å². The summed E-state index contributed by atoms with van der Waals surface area (Å²) in [4.78, 5) is 38.2. The van der Waals surface area contributed by atoms with E-state index in [4.69, 9.17) is 23.2 Å². The van der Waals surface area contributed by atoms with Gasteiger partial charge in [0.1, 0.15) is 6.29 Å². The van der Waals surface area contributed by atoms with E-state index in [0.717, 1.165) is 23.2 Å². The molecule has 1 aliphatic rings. The van der Waals surface area contributed by atoms with Crippen LogP contribution in [-0.2, 0) is 11.0 Å². The van der Waals surface area contributed by atoms with Gasteiger partial charge in [-0.3, -0.25) is 18.8 Å². The smallest absolute Gasteiger partial charge is 0.323 e. The number of aromatic nitrogens is 1.